The molecule has 1 N–H and O–H groups in total. The van der Waals surface area contributed by atoms with Crippen molar-refractivity contribution in [1.29, 1.82) is 5.26 Å². The predicted octanol–water partition coefficient (Wildman–Crippen LogP) is 1.94. The van der Waals surface area contributed by atoms with Gasteiger partial charge in [-0.05, 0) is 24.6 Å². The number of fused-ring (bicyclic) bond motifs is 1. The predicted molar refractivity (Wildman–Crippen MR) is 91.9 cm³/mol. The molecule has 0 aliphatic carbocycles. The minimum atomic E-state index is 0.369. The number of likely N-dealkylation sites (N-methyl/N-ethyl adjacent to an activating group) is 1. The zero-order valence-electron chi connectivity index (χ0n) is 13.3. The number of anilines is 2. The molecule has 7 heteroatoms. The molecule has 0 bridgehead atoms. The molecular weight excluding hydrogens is 302 g/mol. The molecule has 120 valence electrons. The van der Waals surface area contributed by atoms with Crippen molar-refractivity contribution in [3.63, 3.8) is 0 Å². The first kappa shape index (κ1) is 14.5. The van der Waals surface area contributed by atoms with Gasteiger partial charge in [0.1, 0.15) is 29.6 Å². The van der Waals surface area contributed by atoms with Crippen molar-refractivity contribution in [3.8, 4) is 6.07 Å². The molecule has 1 saturated heterocycles. The van der Waals surface area contributed by atoms with Gasteiger partial charge in [-0.15, -0.1) is 0 Å². The molecule has 0 amide bonds. The molecular formula is C17H17N7. The number of nitrogens with one attached hydrogen (secondary N) is 1. The minimum absolute atomic E-state index is 0.369. The number of hydrogen-bond donors (Lipinski definition) is 1. The lowest BCUT2D eigenvalue weighted by Gasteiger charge is -2.26. The molecule has 0 saturated carbocycles. The third-order valence-electron chi connectivity index (χ3n) is 4.61. The summed E-state index contributed by atoms with van der Waals surface area (Å²) in [5.41, 5.74) is 2.36. The van der Waals surface area contributed by atoms with Gasteiger partial charge in [0.15, 0.2) is 0 Å². The Balaban J connectivity index is 1.53. The number of aromatic amines is 1. The molecule has 0 spiro atoms. The van der Waals surface area contributed by atoms with E-state index >= 15 is 0 Å². The van der Waals surface area contributed by atoms with Crippen LogP contribution in [-0.4, -0.2) is 46.1 Å². The van der Waals surface area contributed by atoms with Crippen molar-refractivity contribution in [1.82, 2.24) is 19.9 Å². The SMILES string of the molecule is CN(c1ncnc2[nH]ccc12)[C@H]1CCN(c2ccc(C#N)nc2)C1. The number of nitrogens with zero attached hydrogens (tertiary/aromatic N) is 6. The van der Waals surface area contributed by atoms with Crippen LogP contribution in [0.5, 0.6) is 0 Å². The minimum Gasteiger partial charge on any atom is -0.368 e. The summed E-state index contributed by atoms with van der Waals surface area (Å²) in [6.45, 7) is 1.87. The van der Waals surface area contributed by atoms with Crippen LogP contribution < -0.4 is 9.80 Å². The fourth-order valence-corrected chi connectivity index (χ4v) is 3.24. The monoisotopic (exact) mass is 319 g/mol. The molecule has 24 heavy (non-hydrogen) atoms. The maximum atomic E-state index is 8.86. The van der Waals surface area contributed by atoms with E-state index in [4.69, 9.17) is 5.26 Å². The van der Waals surface area contributed by atoms with Crippen LogP contribution >= 0.6 is 0 Å². The Kier molecular flexibility index (Phi) is 3.50. The molecule has 0 unspecified atom stereocenters. The highest BCUT2D eigenvalue weighted by molar-refractivity contribution is 5.87. The zero-order chi connectivity index (χ0) is 16.5. The molecule has 0 radical (unpaired) electrons. The van der Waals surface area contributed by atoms with E-state index in [1.54, 1.807) is 18.6 Å². The topological polar surface area (TPSA) is 84.7 Å². The summed E-state index contributed by atoms with van der Waals surface area (Å²) in [5.74, 6) is 0.950. The van der Waals surface area contributed by atoms with E-state index in [1.807, 2.05) is 18.3 Å². The van der Waals surface area contributed by atoms with Crippen molar-refractivity contribution < 1.29 is 0 Å². The van der Waals surface area contributed by atoms with Crippen LogP contribution in [0.15, 0.2) is 36.9 Å². The third-order valence-corrected chi connectivity index (χ3v) is 4.61. The van der Waals surface area contributed by atoms with E-state index in [-0.39, 0.29) is 0 Å². The molecule has 1 aliphatic rings. The second-order valence-corrected chi connectivity index (χ2v) is 5.95. The molecule has 1 atom stereocenters. The number of aromatic nitrogens is 4. The number of nitriles is 1. The van der Waals surface area contributed by atoms with Crippen molar-refractivity contribution in [3.05, 3.63) is 42.6 Å². The van der Waals surface area contributed by atoms with E-state index in [0.29, 0.717) is 11.7 Å². The first-order valence-electron chi connectivity index (χ1n) is 7.88. The van der Waals surface area contributed by atoms with Gasteiger partial charge in [-0.25, -0.2) is 15.0 Å². The lowest BCUT2D eigenvalue weighted by atomic mass is 10.2. The van der Waals surface area contributed by atoms with Gasteiger partial charge < -0.3 is 14.8 Å². The standard InChI is InChI=1S/C17H17N7/c1-23(17-15-4-6-19-16(15)21-11-22-17)14-5-7-24(10-14)13-3-2-12(8-18)20-9-13/h2-4,6,9,11,14H,5,7,10H2,1H3,(H,19,21,22)/t14-/m0/s1. The van der Waals surface area contributed by atoms with E-state index < -0.39 is 0 Å². The summed E-state index contributed by atoms with van der Waals surface area (Å²) in [6.07, 6.45) is 6.31. The molecule has 3 aromatic rings. The fourth-order valence-electron chi connectivity index (χ4n) is 3.24. The zero-order valence-corrected chi connectivity index (χ0v) is 13.3. The highest BCUT2D eigenvalue weighted by Gasteiger charge is 2.27. The normalized spacial score (nSPS) is 17.2. The molecule has 1 aliphatic heterocycles. The van der Waals surface area contributed by atoms with Gasteiger partial charge >= 0.3 is 0 Å². The van der Waals surface area contributed by atoms with Crippen LogP contribution in [-0.2, 0) is 0 Å². The summed E-state index contributed by atoms with van der Waals surface area (Å²) in [6, 6.07) is 8.16. The van der Waals surface area contributed by atoms with Crippen molar-refractivity contribution in [2.75, 3.05) is 29.9 Å². The summed E-state index contributed by atoms with van der Waals surface area (Å²) in [5, 5.41) is 9.90. The summed E-state index contributed by atoms with van der Waals surface area (Å²) >= 11 is 0. The van der Waals surface area contributed by atoms with Gasteiger partial charge in [-0.2, -0.15) is 5.26 Å². The average Bonchev–Trinajstić information content (AvgIpc) is 3.30. The van der Waals surface area contributed by atoms with Crippen LogP contribution in [0, 0.1) is 11.3 Å². The number of hydrogen-bond acceptors (Lipinski definition) is 6. The van der Waals surface area contributed by atoms with E-state index in [0.717, 1.165) is 42.0 Å². The Morgan fingerprint density at radius 3 is 3.00 bits per heavy atom. The molecule has 4 rings (SSSR count). The first-order chi connectivity index (χ1) is 11.8. The maximum Gasteiger partial charge on any atom is 0.142 e. The van der Waals surface area contributed by atoms with E-state index in [1.165, 1.54) is 0 Å². The van der Waals surface area contributed by atoms with Crippen molar-refractivity contribution in [2.45, 2.75) is 12.5 Å². The van der Waals surface area contributed by atoms with Crippen LogP contribution in [0.25, 0.3) is 11.0 Å². The number of H-pyrrole nitrogens is 1. The van der Waals surface area contributed by atoms with Crippen molar-refractivity contribution in [2.24, 2.45) is 0 Å². The third kappa shape index (κ3) is 2.42. The van der Waals surface area contributed by atoms with E-state index in [9.17, 15) is 0 Å². The summed E-state index contributed by atoms with van der Waals surface area (Å²) < 4.78 is 0. The fraction of sp³-hybridized carbons (Fsp3) is 0.294. The highest BCUT2D eigenvalue weighted by atomic mass is 15.3. The lowest BCUT2D eigenvalue weighted by Crippen LogP contribution is -2.35. The Hall–Kier alpha value is -3.14. The van der Waals surface area contributed by atoms with Gasteiger partial charge in [-0.3, -0.25) is 0 Å². The van der Waals surface area contributed by atoms with Crippen LogP contribution in [0.4, 0.5) is 11.5 Å². The van der Waals surface area contributed by atoms with Gasteiger partial charge in [0.2, 0.25) is 0 Å². The molecule has 7 nitrogen and oxygen atoms in total. The smallest absolute Gasteiger partial charge is 0.142 e. The quantitative estimate of drug-likeness (QED) is 0.794. The van der Waals surface area contributed by atoms with Crippen LogP contribution in [0.3, 0.4) is 0 Å². The molecule has 3 aromatic heterocycles. The van der Waals surface area contributed by atoms with Gasteiger partial charge in [0, 0.05) is 32.4 Å². The van der Waals surface area contributed by atoms with E-state index in [2.05, 4.69) is 42.9 Å². The number of pyridine rings is 1. The first-order valence-corrected chi connectivity index (χ1v) is 7.88. The number of rotatable bonds is 3. The Labute approximate surface area is 139 Å². The highest BCUT2D eigenvalue weighted by Crippen LogP contribution is 2.27. The second kappa shape index (κ2) is 5.81. The van der Waals surface area contributed by atoms with Gasteiger partial charge in [0.25, 0.3) is 0 Å². The Morgan fingerprint density at radius 1 is 1.29 bits per heavy atom. The molecule has 1 fully saturated rings. The summed E-state index contributed by atoms with van der Waals surface area (Å²) in [4.78, 5) is 20.5. The van der Waals surface area contributed by atoms with Gasteiger partial charge in [0.05, 0.1) is 17.3 Å². The molecule has 0 aromatic carbocycles. The van der Waals surface area contributed by atoms with Crippen molar-refractivity contribution >= 4 is 22.5 Å². The Bertz CT molecular complexity index is 893. The Morgan fingerprint density at radius 2 is 2.21 bits per heavy atom. The van der Waals surface area contributed by atoms with Crippen LogP contribution in [0.2, 0.25) is 0 Å². The molecule has 4 heterocycles. The second-order valence-electron chi connectivity index (χ2n) is 5.95. The summed E-state index contributed by atoms with van der Waals surface area (Å²) in [7, 11) is 2.08. The average molecular weight is 319 g/mol. The van der Waals surface area contributed by atoms with Gasteiger partial charge in [-0.1, -0.05) is 0 Å². The van der Waals surface area contributed by atoms with Crippen LogP contribution in [0.1, 0.15) is 12.1 Å². The maximum absolute atomic E-state index is 8.86. The largest absolute Gasteiger partial charge is 0.368 e. The lowest BCUT2D eigenvalue weighted by molar-refractivity contribution is 0.686.